The number of nitrogens with one attached hydrogen (secondary N) is 2. The molecule has 3 heterocycles. The van der Waals surface area contributed by atoms with E-state index in [0.717, 1.165) is 41.4 Å². The Morgan fingerprint density at radius 2 is 2.25 bits per heavy atom. The molecule has 0 radical (unpaired) electrons. The van der Waals surface area contributed by atoms with Crippen LogP contribution in [0.4, 0.5) is 5.82 Å². The molecule has 0 spiro atoms. The molecule has 28 heavy (non-hydrogen) atoms. The van der Waals surface area contributed by atoms with Crippen molar-refractivity contribution in [1.82, 2.24) is 14.9 Å². The molecule has 1 fully saturated rings. The maximum atomic E-state index is 12.2. The SMILES string of the molecule is CC[C@@H]1CC(c2cc(NC(=O)C3CC3)nc3[nH]ccc23)=CCN1C(=O)CC#N. The summed E-state index contributed by atoms with van der Waals surface area (Å²) in [5, 5.41) is 12.8. The van der Waals surface area contributed by atoms with Crippen LogP contribution in [0.1, 0.15) is 44.6 Å². The quantitative estimate of drug-likeness (QED) is 0.835. The highest BCUT2D eigenvalue weighted by molar-refractivity contribution is 5.97. The van der Waals surface area contributed by atoms with Crippen LogP contribution >= 0.6 is 0 Å². The Kier molecular flexibility index (Phi) is 4.86. The molecule has 4 rings (SSSR count). The fraction of sp³-hybridized carbons (Fsp3) is 0.429. The predicted octanol–water partition coefficient (Wildman–Crippen LogP) is 3.22. The van der Waals surface area contributed by atoms with Crippen LogP contribution < -0.4 is 5.32 Å². The lowest BCUT2D eigenvalue weighted by Gasteiger charge is -2.34. The number of amides is 2. The van der Waals surface area contributed by atoms with Gasteiger partial charge in [-0.05, 0) is 49.0 Å². The fourth-order valence-corrected chi connectivity index (χ4v) is 3.81. The van der Waals surface area contributed by atoms with Crippen LogP contribution in [0, 0.1) is 17.2 Å². The lowest BCUT2D eigenvalue weighted by molar-refractivity contribution is -0.132. The van der Waals surface area contributed by atoms with Crippen LogP contribution in [-0.2, 0) is 9.59 Å². The summed E-state index contributed by atoms with van der Waals surface area (Å²) in [6.45, 7) is 2.55. The van der Waals surface area contributed by atoms with E-state index in [1.54, 1.807) is 4.90 Å². The number of carbonyl (C=O) groups is 2. The standard InChI is InChI=1S/C21H23N5O2/c1-2-15-11-14(7-10-26(15)19(27)5-8-22)17-12-18(25-21(28)13-3-4-13)24-20-16(17)6-9-23-20/h6-7,9,12-13,15H,2-5,10-11H2,1H3,(H2,23,24,25,28)/t15-/m1/s1. The molecular weight excluding hydrogens is 354 g/mol. The van der Waals surface area contributed by atoms with Gasteiger partial charge in [-0.2, -0.15) is 5.26 Å². The monoisotopic (exact) mass is 377 g/mol. The first-order chi connectivity index (χ1) is 13.6. The number of nitrogens with zero attached hydrogens (tertiary/aromatic N) is 3. The third-order valence-electron chi connectivity index (χ3n) is 5.53. The van der Waals surface area contributed by atoms with Gasteiger partial charge < -0.3 is 15.2 Å². The summed E-state index contributed by atoms with van der Waals surface area (Å²) in [5.41, 5.74) is 2.91. The third kappa shape index (κ3) is 3.50. The largest absolute Gasteiger partial charge is 0.346 e. The molecule has 144 valence electrons. The van der Waals surface area contributed by atoms with Gasteiger partial charge in [-0.15, -0.1) is 0 Å². The zero-order chi connectivity index (χ0) is 19.7. The number of fused-ring (bicyclic) bond motifs is 1. The van der Waals surface area contributed by atoms with E-state index in [1.807, 2.05) is 24.4 Å². The normalized spacial score (nSPS) is 19.2. The van der Waals surface area contributed by atoms with Crippen molar-refractivity contribution in [2.75, 3.05) is 11.9 Å². The molecule has 1 atom stereocenters. The smallest absolute Gasteiger partial charge is 0.237 e. The van der Waals surface area contributed by atoms with Crippen LogP contribution in [0.3, 0.4) is 0 Å². The number of aromatic amines is 1. The van der Waals surface area contributed by atoms with E-state index in [2.05, 4.69) is 28.3 Å². The van der Waals surface area contributed by atoms with Crippen LogP contribution in [-0.4, -0.2) is 39.3 Å². The van der Waals surface area contributed by atoms with Crippen molar-refractivity contribution in [3.63, 3.8) is 0 Å². The predicted molar refractivity (Wildman–Crippen MR) is 106 cm³/mol. The first-order valence-corrected chi connectivity index (χ1v) is 9.75. The average Bonchev–Trinajstić information content (AvgIpc) is 3.45. The Hall–Kier alpha value is -3.14. The van der Waals surface area contributed by atoms with E-state index in [-0.39, 0.29) is 30.2 Å². The minimum absolute atomic E-state index is 0.0293. The molecule has 2 N–H and O–H groups in total. The Morgan fingerprint density at radius 3 is 2.96 bits per heavy atom. The van der Waals surface area contributed by atoms with E-state index in [1.165, 1.54) is 0 Å². The highest BCUT2D eigenvalue weighted by Crippen LogP contribution is 2.34. The van der Waals surface area contributed by atoms with Crippen molar-refractivity contribution in [3.05, 3.63) is 30.0 Å². The molecule has 2 aromatic rings. The highest BCUT2D eigenvalue weighted by atomic mass is 16.2. The van der Waals surface area contributed by atoms with Gasteiger partial charge in [0.05, 0.1) is 6.07 Å². The molecule has 7 nitrogen and oxygen atoms in total. The number of anilines is 1. The number of rotatable bonds is 5. The molecule has 1 aliphatic carbocycles. The van der Waals surface area contributed by atoms with Gasteiger partial charge in [-0.3, -0.25) is 9.59 Å². The van der Waals surface area contributed by atoms with Crippen molar-refractivity contribution in [1.29, 1.82) is 5.26 Å². The molecule has 1 saturated carbocycles. The first-order valence-electron chi connectivity index (χ1n) is 9.75. The molecule has 0 saturated heterocycles. The summed E-state index contributed by atoms with van der Waals surface area (Å²) in [5.74, 6) is 0.576. The van der Waals surface area contributed by atoms with Crippen LogP contribution in [0.25, 0.3) is 16.6 Å². The number of aromatic nitrogens is 2. The number of hydrogen-bond acceptors (Lipinski definition) is 4. The van der Waals surface area contributed by atoms with Crippen molar-refractivity contribution in [3.8, 4) is 6.07 Å². The lowest BCUT2D eigenvalue weighted by atomic mass is 9.91. The molecule has 0 bridgehead atoms. The van der Waals surface area contributed by atoms with Gasteiger partial charge in [0.25, 0.3) is 0 Å². The fourth-order valence-electron chi connectivity index (χ4n) is 3.81. The molecule has 2 aliphatic rings. The third-order valence-corrected chi connectivity index (χ3v) is 5.53. The van der Waals surface area contributed by atoms with Gasteiger partial charge in [0, 0.05) is 30.1 Å². The number of carbonyl (C=O) groups excluding carboxylic acids is 2. The minimum Gasteiger partial charge on any atom is -0.346 e. The number of pyridine rings is 1. The Balaban J connectivity index is 1.66. The minimum atomic E-state index is -0.122. The van der Waals surface area contributed by atoms with E-state index < -0.39 is 0 Å². The van der Waals surface area contributed by atoms with Crippen LogP contribution in [0.5, 0.6) is 0 Å². The van der Waals surface area contributed by atoms with E-state index in [4.69, 9.17) is 5.26 Å². The second kappa shape index (κ2) is 7.47. The molecule has 7 heteroatoms. The van der Waals surface area contributed by atoms with Gasteiger partial charge in [0.15, 0.2) is 0 Å². The van der Waals surface area contributed by atoms with E-state index >= 15 is 0 Å². The molecule has 2 aromatic heterocycles. The first kappa shape index (κ1) is 18.2. The van der Waals surface area contributed by atoms with Gasteiger partial charge in [-0.1, -0.05) is 13.0 Å². The zero-order valence-electron chi connectivity index (χ0n) is 15.9. The molecular formula is C21H23N5O2. The summed E-state index contributed by atoms with van der Waals surface area (Å²) in [4.78, 5) is 33.9. The Labute approximate surface area is 163 Å². The summed E-state index contributed by atoms with van der Waals surface area (Å²) in [7, 11) is 0. The van der Waals surface area contributed by atoms with Gasteiger partial charge in [0.2, 0.25) is 11.8 Å². The highest BCUT2D eigenvalue weighted by Gasteiger charge is 2.30. The summed E-state index contributed by atoms with van der Waals surface area (Å²) >= 11 is 0. The van der Waals surface area contributed by atoms with Gasteiger partial charge >= 0.3 is 0 Å². The van der Waals surface area contributed by atoms with Gasteiger partial charge in [-0.25, -0.2) is 4.98 Å². The maximum Gasteiger partial charge on any atom is 0.237 e. The second-order valence-corrected chi connectivity index (χ2v) is 7.44. The number of nitriles is 1. The molecule has 1 aliphatic heterocycles. The van der Waals surface area contributed by atoms with Crippen molar-refractivity contribution in [2.45, 2.75) is 45.1 Å². The Bertz CT molecular complexity index is 996. The van der Waals surface area contributed by atoms with Crippen LogP contribution in [0.2, 0.25) is 0 Å². The second-order valence-electron chi connectivity index (χ2n) is 7.44. The summed E-state index contributed by atoms with van der Waals surface area (Å²) < 4.78 is 0. The summed E-state index contributed by atoms with van der Waals surface area (Å²) in [6, 6.07) is 5.93. The number of hydrogen-bond donors (Lipinski definition) is 2. The Morgan fingerprint density at radius 1 is 1.43 bits per heavy atom. The molecule has 0 unspecified atom stereocenters. The van der Waals surface area contributed by atoms with E-state index in [0.29, 0.717) is 18.8 Å². The van der Waals surface area contributed by atoms with E-state index in [9.17, 15) is 9.59 Å². The van der Waals surface area contributed by atoms with Gasteiger partial charge in [0.1, 0.15) is 17.9 Å². The molecule has 2 amide bonds. The van der Waals surface area contributed by atoms with Crippen molar-refractivity contribution >= 4 is 34.2 Å². The van der Waals surface area contributed by atoms with Crippen molar-refractivity contribution in [2.24, 2.45) is 5.92 Å². The average molecular weight is 377 g/mol. The zero-order valence-corrected chi connectivity index (χ0v) is 15.9. The summed E-state index contributed by atoms with van der Waals surface area (Å²) in [6.07, 6.45) is 7.23. The number of H-pyrrole nitrogens is 1. The lowest BCUT2D eigenvalue weighted by Crippen LogP contribution is -2.42. The topological polar surface area (TPSA) is 102 Å². The van der Waals surface area contributed by atoms with Crippen molar-refractivity contribution < 1.29 is 9.59 Å². The molecule has 0 aromatic carbocycles. The van der Waals surface area contributed by atoms with Crippen LogP contribution in [0.15, 0.2) is 24.4 Å². The maximum absolute atomic E-state index is 12.2.